The lowest BCUT2D eigenvalue weighted by molar-refractivity contribution is 0.00578. The van der Waals surface area contributed by atoms with Gasteiger partial charge in [0.15, 0.2) is 0 Å². The van der Waals surface area contributed by atoms with Crippen molar-refractivity contribution in [2.45, 2.75) is 51.2 Å². The molecule has 2 aliphatic rings. The smallest absolute Gasteiger partial charge is 0.399 e. The molecule has 0 unspecified atom stereocenters. The molecule has 3 rings (SSSR count). The predicted molar refractivity (Wildman–Crippen MR) is 80.2 cm³/mol. The monoisotopic (exact) mass is 274 g/mol. The maximum Gasteiger partial charge on any atom is 0.496 e. The molecule has 0 saturated carbocycles. The Morgan fingerprint density at radius 3 is 2.40 bits per heavy atom. The molecule has 2 saturated heterocycles. The first-order valence-electron chi connectivity index (χ1n) is 7.41. The summed E-state index contributed by atoms with van der Waals surface area (Å²) in [6.45, 7) is 10.4. The third kappa shape index (κ3) is 2.38. The van der Waals surface area contributed by atoms with Crippen LogP contribution < -0.4 is 10.8 Å². The van der Waals surface area contributed by atoms with Crippen molar-refractivity contribution in [1.82, 2.24) is 10.3 Å². The lowest BCUT2D eigenvalue weighted by atomic mass is 9.80. The van der Waals surface area contributed by atoms with Gasteiger partial charge in [-0.15, -0.1) is 0 Å². The minimum absolute atomic E-state index is 0.300. The van der Waals surface area contributed by atoms with Gasteiger partial charge in [-0.1, -0.05) is 6.07 Å². The molecule has 3 heterocycles. The van der Waals surface area contributed by atoms with Crippen LogP contribution in [0.2, 0.25) is 0 Å². The number of hydrogen-bond acceptors (Lipinski definition) is 4. The molecule has 108 valence electrons. The van der Waals surface area contributed by atoms with E-state index in [2.05, 4.69) is 50.1 Å². The van der Waals surface area contributed by atoms with E-state index in [4.69, 9.17) is 9.31 Å². The highest BCUT2D eigenvalue weighted by Crippen LogP contribution is 2.36. The van der Waals surface area contributed by atoms with Crippen molar-refractivity contribution in [3.8, 4) is 0 Å². The van der Waals surface area contributed by atoms with Gasteiger partial charge >= 0.3 is 7.12 Å². The van der Waals surface area contributed by atoms with E-state index in [1.54, 1.807) is 0 Å². The summed E-state index contributed by atoms with van der Waals surface area (Å²) in [7, 11) is -0.316. The number of hydrogen-bond donors (Lipinski definition) is 1. The van der Waals surface area contributed by atoms with Crippen LogP contribution in [0.1, 0.15) is 45.7 Å². The predicted octanol–water partition coefficient (Wildman–Crippen LogP) is 1.46. The topological polar surface area (TPSA) is 43.4 Å². The molecule has 0 aliphatic carbocycles. The van der Waals surface area contributed by atoms with E-state index < -0.39 is 0 Å². The normalized spacial score (nSPS) is 28.0. The molecule has 0 spiro atoms. The fraction of sp³-hybridized carbons (Fsp3) is 0.667. The molecule has 1 aromatic rings. The Kier molecular flexibility index (Phi) is 3.39. The first-order valence-corrected chi connectivity index (χ1v) is 7.41. The molecule has 20 heavy (non-hydrogen) atoms. The van der Waals surface area contributed by atoms with Gasteiger partial charge < -0.3 is 14.6 Å². The molecule has 0 radical (unpaired) electrons. The Bertz CT molecular complexity index is 465. The van der Waals surface area contributed by atoms with Crippen molar-refractivity contribution in [3.63, 3.8) is 0 Å². The molecule has 1 aromatic heterocycles. The average Bonchev–Trinajstić information content (AvgIpc) is 2.97. The van der Waals surface area contributed by atoms with Crippen LogP contribution in [0.25, 0.3) is 0 Å². The van der Waals surface area contributed by atoms with Gasteiger partial charge in [0.05, 0.1) is 11.2 Å². The molecule has 0 bridgehead atoms. The third-order valence-electron chi connectivity index (χ3n) is 4.81. The minimum Gasteiger partial charge on any atom is -0.399 e. The number of rotatable bonds is 2. The number of pyridine rings is 1. The van der Waals surface area contributed by atoms with Gasteiger partial charge in [-0.05, 0) is 46.7 Å². The first kappa shape index (κ1) is 14.0. The van der Waals surface area contributed by atoms with Gasteiger partial charge in [-0.2, -0.15) is 0 Å². The van der Waals surface area contributed by atoms with Crippen molar-refractivity contribution in [1.29, 1.82) is 0 Å². The third-order valence-corrected chi connectivity index (χ3v) is 4.81. The molecule has 2 aliphatic heterocycles. The summed E-state index contributed by atoms with van der Waals surface area (Å²) < 4.78 is 12.1. The van der Waals surface area contributed by atoms with Crippen molar-refractivity contribution < 1.29 is 9.31 Å². The second-order valence-corrected chi connectivity index (χ2v) is 6.79. The zero-order valence-electron chi connectivity index (χ0n) is 12.8. The maximum absolute atomic E-state index is 6.04. The molecular weight excluding hydrogens is 251 g/mol. The number of nitrogens with one attached hydrogen (secondary N) is 1. The lowest BCUT2D eigenvalue weighted by Crippen LogP contribution is -2.41. The van der Waals surface area contributed by atoms with Crippen molar-refractivity contribution in [3.05, 3.63) is 24.0 Å². The van der Waals surface area contributed by atoms with Crippen molar-refractivity contribution in [2.24, 2.45) is 0 Å². The van der Waals surface area contributed by atoms with E-state index in [-0.39, 0.29) is 18.3 Å². The molecular formula is C15H23BN2O2. The largest absolute Gasteiger partial charge is 0.496 e. The summed E-state index contributed by atoms with van der Waals surface area (Å²) in [5, 5.41) is 3.37. The van der Waals surface area contributed by atoms with Crippen LogP contribution in [0.4, 0.5) is 0 Å². The average molecular weight is 274 g/mol. The molecule has 2 fully saturated rings. The fourth-order valence-corrected chi connectivity index (χ4v) is 2.68. The van der Waals surface area contributed by atoms with Gasteiger partial charge in [-0.3, -0.25) is 4.98 Å². The van der Waals surface area contributed by atoms with E-state index >= 15 is 0 Å². The molecule has 0 aromatic carbocycles. The number of aromatic nitrogens is 1. The van der Waals surface area contributed by atoms with E-state index in [0.717, 1.165) is 24.2 Å². The molecule has 1 atom stereocenters. The Morgan fingerprint density at radius 1 is 1.20 bits per heavy atom. The molecule has 1 N–H and O–H groups in total. The summed E-state index contributed by atoms with van der Waals surface area (Å²) in [6.07, 6.45) is 3.07. The zero-order valence-corrected chi connectivity index (χ0v) is 12.8. The zero-order chi connectivity index (χ0) is 14.4. The van der Waals surface area contributed by atoms with Gasteiger partial charge in [0, 0.05) is 29.8 Å². The second kappa shape index (κ2) is 4.83. The van der Waals surface area contributed by atoms with Gasteiger partial charge in [0.2, 0.25) is 0 Å². The maximum atomic E-state index is 6.04. The first-order chi connectivity index (χ1) is 9.39. The van der Waals surface area contributed by atoms with Crippen LogP contribution in [-0.4, -0.2) is 36.4 Å². The SMILES string of the molecule is CC1(C)OB(c2ccc([C@@H]3CCNC3)nc2)OC1(C)C. The Morgan fingerprint density at radius 2 is 1.90 bits per heavy atom. The molecule has 4 nitrogen and oxygen atoms in total. The quantitative estimate of drug-likeness (QED) is 0.829. The van der Waals surface area contributed by atoms with E-state index in [0.29, 0.717) is 5.92 Å². The Hall–Kier alpha value is -0.905. The summed E-state index contributed by atoms with van der Waals surface area (Å²) in [5.41, 5.74) is 1.56. The van der Waals surface area contributed by atoms with Gasteiger partial charge in [-0.25, -0.2) is 0 Å². The standard InChI is InChI=1S/C15H23BN2O2/c1-14(2)15(3,4)20-16(19-14)12-5-6-13(18-10-12)11-7-8-17-9-11/h5-6,10-11,17H,7-9H2,1-4H3/t11-/m1/s1. The van der Waals surface area contributed by atoms with Crippen LogP contribution in [0.5, 0.6) is 0 Å². The number of nitrogens with zero attached hydrogens (tertiary/aromatic N) is 1. The van der Waals surface area contributed by atoms with E-state index in [1.807, 2.05) is 6.20 Å². The second-order valence-electron chi connectivity index (χ2n) is 6.79. The van der Waals surface area contributed by atoms with Gasteiger partial charge in [0.1, 0.15) is 0 Å². The lowest BCUT2D eigenvalue weighted by Gasteiger charge is -2.32. The Balaban J connectivity index is 1.75. The summed E-state index contributed by atoms with van der Waals surface area (Å²) in [6, 6.07) is 4.20. The van der Waals surface area contributed by atoms with E-state index in [1.165, 1.54) is 6.42 Å². The highest BCUT2D eigenvalue weighted by molar-refractivity contribution is 6.62. The molecule has 5 heteroatoms. The van der Waals surface area contributed by atoms with Crippen molar-refractivity contribution >= 4 is 12.6 Å². The minimum atomic E-state index is -0.316. The Labute approximate surface area is 121 Å². The van der Waals surface area contributed by atoms with Crippen LogP contribution in [-0.2, 0) is 9.31 Å². The van der Waals surface area contributed by atoms with Crippen molar-refractivity contribution in [2.75, 3.05) is 13.1 Å². The fourth-order valence-electron chi connectivity index (χ4n) is 2.68. The summed E-state index contributed by atoms with van der Waals surface area (Å²) in [4.78, 5) is 4.60. The highest BCUT2D eigenvalue weighted by Gasteiger charge is 2.51. The van der Waals surface area contributed by atoms with Crippen LogP contribution in [0, 0.1) is 0 Å². The van der Waals surface area contributed by atoms with Gasteiger partial charge in [0.25, 0.3) is 0 Å². The molecule has 0 amide bonds. The highest BCUT2D eigenvalue weighted by atomic mass is 16.7. The van der Waals surface area contributed by atoms with Crippen LogP contribution in [0.3, 0.4) is 0 Å². The van der Waals surface area contributed by atoms with E-state index in [9.17, 15) is 0 Å². The summed E-state index contributed by atoms with van der Waals surface area (Å²) >= 11 is 0. The van der Waals surface area contributed by atoms with Crippen LogP contribution in [0.15, 0.2) is 18.3 Å². The van der Waals surface area contributed by atoms with Crippen LogP contribution >= 0.6 is 0 Å². The summed E-state index contributed by atoms with van der Waals surface area (Å²) in [5.74, 6) is 0.544.